The Morgan fingerprint density at radius 2 is 1.68 bits per heavy atom. The lowest BCUT2D eigenvalue weighted by molar-refractivity contribution is -0.384. The van der Waals surface area contributed by atoms with E-state index in [2.05, 4.69) is 20.4 Å². The molecule has 2 heterocycles. The highest BCUT2D eigenvalue weighted by atomic mass is 32.2. The van der Waals surface area contributed by atoms with E-state index in [4.69, 9.17) is 4.42 Å². The molecule has 5 rings (SSSR count). The predicted molar refractivity (Wildman–Crippen MR) is 151 cm³/mol. The molecule has 0 atom stereocenters. The fourth-order valence-corrected chi connectivity index (χ4v) is 4.88. The highest BCUT2D eigenvalue weighted by molar-refractivity contribution is 7.99. The molecule has 204 valence electrons. The summed E-state index contributed by atoms with van der Waals surface area (Å²) in [6.07, 6.45) is 0. The van der Waals surface area contributed by atoms with Crippen molar-refractivity contribution in [2.45, 2.75) is 12.1 Å². The molecule has 3 aromatic carbocycles. The van der Waals surface area contributed by atoms with E-state index in [-0.39, 0.29) is 39.9 Å². The van der Waals surface area contributed by atoms with Gasteiger partial charge in [0.15, 0.2) is 0 Å². The molecule has 0 unspecified atom stereocenters. The lowest BCUT2D eigenvalue weighted by Gasteiger charge is -2.36. The molecule has 0 aliphatic carbocycles. The van der Waals surface area contributed by atoms with Gasteiger partial charge in [0.2, 0.25) is 5.91 Å². The van der Waals surface area contributed by atoms with Gasteiger partial charge in [0.25, 0.3) is 22.7 Å². The first-order valence-electron chi connectivity index (χ1n) is 12.6. The number of aryl methyl sites for hydroxylation is 1. The van der Waals surface area contributed by atoms with Crippen molar-refractivity contribution in [3.8, 4) is 11.5 Å². The van der Waals surface area contributed by atoms with E-state index in [1.807, 2.05) is 60.4 Å². The van der Waals surface area contributed by atoms with E-state index < -0.39 is 4.92 Å². The van der Waals surface area contributed by atoms with Gasteiger partial charge in [-0.2, -0.15) is 0 Å². The number of carbonyl (C=O) groups excluding carboxylic acids is 2. The van der Waals surface area contributed by atoms with Gasteiger partial charge in [0, 0.05) is 49.2 Å². The van der Waals surface area contributed by atoms with Crippen LogP contribution < -0.4 is 10.2 Å². The number of benzene rings is 3. The lowest BCUT2D eigenvalue weighted by atomic mass is 10.1. The van der Waals surface area contributed by atoms with E-state index in [0.29, 0.717) is 24.3 Å². The average molecular weight is 559 g/mol. The van der Waals surface area contributed by atoms with Crippen LogP contribution in [0.3, 0.4) is 0 Å². The van der Waals surface area contributed by atoms with Gasteiger partial charge in [-0.25, -0.2) is 0 Å². The molecule has 1 saturated heterocycles. The molecule has 1 aliphatic rings. The van der Waals surface area contributed by atoms with Crippen molar-refractivity contribution in [2.75, 3.05) is 42.1 Å². The Balaban J connectivity index is 1.10. The summed E-state index contributed by atoms with van der Waals surface area (Å²) < 4.78 is 5.52. The third kappa shape index (κ3) is 6.29. The smallest absolute Gasteiger partial charge is 0.282 e. The summed E-state index contributed by atoms with van der Waals surface area (Å²) in [5.41, 5.74) is 3.57. The van der Waals surface area contributed by atoms with Crippen LogP contribution in [0.25, 0.3) is 11.5 Å². The van der Waals surface area contributed by atoms with Crippen LogP contribution in [0.1, 0.15) is 15.9 Å². The molecule has 1 fully saturated rings. The number of para-hydroxylation sites is 1. The zero-order valence-electron chi connectivity index (χ0n) is 21.6. The average Bonchev–Trinajstić information content (AvgIpc) is 3.46. The Morgan fingerprint density at radius 1 is 0.975 bits per heavy atom. The first-order chi connectivity index (χ1) is 19.4. The van der Waals surface area contributed by atoms with Gasteiger partial charge in [0.1, 0.15) is 5.56 Å². The van der Waals surface area contributed by atoms with Crippen LogP contribution in [0, 0.1) is 17.0 Å². The second kappa shape index (κ2) is 12.0. The molecular weight excluding hydrogens is 532 g/mol. The highest BCUT2D eigenvalue weighted by Crippen LogP contribution is 2.30. The highest BCUT2D eigenvalue weighted by Gasteiger charge is 2.23. The molecule has 11 nitrogen and oxygen atoms in total. The van der Waals surface area contributed by atoms with Crippen molar-refractivity contribution in [3.05, 3.63) is 94.0 Å². The van der Waals surface area contributed by atoms with E-state index in [1.54, 1.807) is 12.1 Å². The van der Waals surface area contributed by atoms with Gasteiger partial charge >= 0.3 is 0 Å². The fourth-order valence-electron chi connectivity index (χ4n) is 4.32. The van der Waals surface area contributed by atoms with Gasteiger partial charge in [-0.3, -0.25) is 19.7 Å². The summed E-state index contributed by atoms with van der Waals surface area (Å²) >= 11 is 1.04. The summed E-state index contributed by atoms with van der Waals surface area (Å²) in [5, 5.41) is 22.0. The second-order valence-electron chi connectivity index (χ2n) is 9.18. The van der Waals surface area contributed by atoms with E-state index in [9.17, 15) is 19.7 Å². The van der Waals surface area contributed by atoms with E-state index in [1.165, 1.54) is 12.1 Å². The predicted octanol–water partition coefficient (Wildman–Crippen LogP) is 4.65. The molecule has 1 N–H and O–H groups in total. The SMILES string of the molecule is Cc1ccc(C(=O)N2CCN(c3ccc(NC(=O)CSc4nnc(-c5ccccc5[N+](=O)[O-])o4)cc3)CC2)cc1. The van der Waals surface area contributed by atoms with Gasteiger partial charge in [-0.05, 0) is 49.4 Å². The molecule has 0 radical (unpaired) electrons. The maximum absolute atomic E-state index is 12.8. The summed E-state index contributed by atoms with van der Waals surface area (Å²) in [7, 11) is 0. The van der Waals surface area contributed by atoms with Crippen molar-refractivity contribution >= 4 is 40.6 Å². The molecular formula is C28H26N6O5S. The van der Waals surface area contributed by atoms with Crippen LogP contribution >= 0.6 is 11.8 Å². The van der Waals surface area contributed by atoms with Crippen molar-refractivity contribution in [3.63, 3.8) is 0 Å². The molecule has 1 aliphatic heterocycles. The number of thioether (sulfide) groups is 1. The molecule has 40 heavy (non-hydrogen) atoms. The number of nitrogens with zero attached hydrogens (tertiary/aromatic N) is 5. The number of amides is 2. The number of nitrogens with one attached hydrogen (secondary N) is 1. The van der Waals surface area contributed by atoms with Gasteiger partial charge in [-0.1, -0.05) is 41.6 Å². The molecule has 0 bridgehead atoms. The van der Waals surface area contributed by atoms with Gasteiger partial charge in [0.05, 0.1) is 10.7 Å². The Kier molecular flexibility index (Phi) is 8.06. The maximum Gasteiger partial charge on any atom is 0.282 e. The first kappa shape index (κ1) is 26.9. The van der Waals surface area contributed by atoms with Crippen molar-refractivity contribution < 1.29 is 18.9 Å². The molecule has 1 aromatic heterocycles. The summed E-state index contributed by atoms with van der Waals surface area (Å²) in [6.45, 7) is 4.71. The van der Waals surface area contributed by atoms with Crippen molar-refractivity contribution in [2.24, 2.45) is 0 Å². The number of aromatic nitrogens is 2. The summed E-state index contributed by atoms with van der Waals surface area (Å²) in [5.74, 6) is -0.164. The van der Waals surface area contributed by atoms with Crippen LogP contribution in [-0.4, -0.2) is 63.8 Å². The fraction of sp³-hybridized carbons (Fsp3) is 0.214. The largest absolute Gasteiger partial charge is 0.411 e. The zero-order chi connectivity index (χ0) is 28.1. The van der Waals surface area contributed by atoms with Crippen LogP contribution in [0.15, 0.2) is 82.4 Å². The van der Waals surface area contributed by atoms with Crippen LogP contribution in [0.5, 0.6) is 0 Å². The van der Waals surface area contributed by atoms with E-state index >= 15 is 0 Å². The zero-order valence-corrected chi connectivity index (χ0v) is 22.5. The minimum atomic E-state index is -0.515. The normalized spacial score (nSPS) is 13.2. The summed E-state index contributed by atoms with van der Waals surface area (Å²) in [4.78, 5) is 40.1. The van der Waals surface area contributed by atoms with Crippen LogP contribution in [0.2, 0.25) is 0 Å². The number of nitro benzene ring substituents is 1. The lowest BCUT2D eigenvalue weighted by Crippen LogP contribution is -2.48. The minimum absolute atomic E-state index is 0.0196. The number of carbonyl (C=O) groups is 2. The Bertz CT molecular complexity index is 1510. The monoisotopic (exact) mass is 558 g/mol. The van der Waals surface area contributed by atoms with E-state index in [0.717, 1.165) is 36.1 Å². The number of rotatable bonds is 8. The molecule has 4 aromatic rings. The molecule has 0 saturated carbocycles. The van der Waals surface area contributed by atoms with Crippen molar-refractivity contribution in [1.82, 2.24) is 15.1 Å². The molecule has 0 spiro atoms. The summed E-state index contributed by atoms with van der Waals surface area (Å²) in [6, 6.07) is 21.3. The number of piperazine rings is 1. The van der Waals surface area contributed by atoms with Gasteiger partial charge in [-0.15, -0.1) is 10.2 Å². The van der Waals surface area contributed by atoms with Crippen LogP contribution in [0.4, 0.5) is 17.1 Å². The number of nitro groups is 1. The molecule has 12 heteroatoms. The standard InChI is InChI=1S/C28H26N6O5S/c1-19-6-8-20(9-7-19)27(36)33-16-14-32(15-17-33)22-12-10-21(11-13-22)29-25(35)18-40-28-31-30-26(39-28)23-4-2-3-5-24(23)34(37)38/h2-13H,14-18H2,1H3,(H,29,35). The Hall–Kier alpha value is -4.71. The number of anilines is 2. The minimum Gasteiger partial charge on any atom is -0.411 e. The first-order valence-corrected chi connectivity index (χ1v) is 13.6. The van der Waals surface area contributed by atoms with Crippen LogP contribution in [-0.2, 0) is 4.79 Å². The molecule has 2 amide bonds. The second-order valence-corrected chi connectivity index (χ2v) is 10.1. The topological polar surface area (TPSA) is 135 Å². The van der Waals surface area contributed by atoms with Gasteiger partial charge < -0.3 is 19.5 Å². The third-order valence-corrected chi connectivity index (χ3v) is 7.26. The van der Waals surface area contributed by atoms with Crippen molar-refractivity contribution in [1.29, 1.82) is 0 Å². The number of hydrogen-bond donors (Lipinski definition) is 1. The quantitative estimate of drug-likeness (QED) is 0.186. The maximum atomic E-state index is 12.8. The number of hydrogen-bond acceptors (Lipinski definition) is 9. The Labute approximate surface area is 234 Å². The Morgan fingerprint density at radius 3 is 2.38 bits per heavy atom. The third-order valence-electron chi connectivity index (χ3n) is 6.45.